The number of nitrogens with zero attached hydrogens (tertiary/aromatic N) is 1. The molecule has 0 bridgehead atoms. The molecule has 0 spiro atoms. The van der Waals surface area contributed by atoms with Crippen molar-refractivity contribution in [2.24, 2.45) is 0 Å². The van der Waals surface area contributed by atoms with Gasteiger partial charge in [0, 0.05) is 29.1 Å². The molecule has 2 amide bonds. The Morgan fingerprint density at radius 1 is 0.912 bits per heavy atom. The molecule has 0 radical (unpaired) electrons. The summed E-state index contributed by atoms with van der Waals surface area (Å²) in [7, 11) is 0. The van der Waals surface area contributed by atoms with Crippen LogP contribution in [0, 0.1) is 0 Å². The maximum absolute atomic E-state index is 13.7. The summed E-state index contributed by atoms with van der Waals surface area (Å²) in [4.78, 5) is 28.8. The third-order valence-corrected chi connectivity index (χ3v) is 6.42. The van der Waals surface area contributed by atoms with Gasteiger partial charge in [0.2, 0.25) is 11.8 Å². The Kier molecular flexibility index (Phi) is 9.55. The van der Waals surface area contributed by atoms with Gasteiger partial charge < -0.3 is 10.2 Å². The van der Waals surface area contributed by atoms with Crippen LogP contribution < -0.4 is 5.32 Å². The van der Waals surface area contributed by atoms with E-state index in [4.69, 9.17) is 23.2 Å². The van der Waals surface area contributed by atoms with Gasteiger partial charge in [-0.3, -0.25) is 9.59 Å². The number of rotatable bonds is 10. The second-order valence-corrected chi connectivity index (χ2v) is 9.29. The molecule has 4 nitrogen and oxygen atoms in total. The normalized spacial score (nSPS) is 12.6. The van der Waals surface area contributed by atoms with Crippen molar-refractivity contribution in [3.63, 3.8) is 0 Å². The molecule has 3 aromatic carbocycles. The molecular weight excluding hydrogens is 467 g/mol. The molecule has 0 aliphatic carbocycles. The molecule has 0 fully saturated rings. The fourth-order valence-electron chi connectivity index (χ4n) is 3.73. The minimum Gasteiger partial charge on any atom is -0.352 e. The molecule has 178 valence electrons. The van der Waals surface area contributed by atoms with Gasteiger partial charge >= 0.3 is 0 Å². The predicted octanol–water partition coefficient (Wildman–Crippen LogP) is 6.09. The Morgan fingerprint density at radius 3 is 2.26 bits per heavy atom. The topological polar surface area (TPSA) is 49.4 Å². The first-order chi connectivity index (χ1) is 16.4. The van der Waals surface area contributed by atoms with Crippen LogP contribution in [0.4, 0.5) is 0 Å². The number of carbonyl (C=O) groups excluding carboxylic acids is 2. The van der Waals surface area contributed by atoms with E-state index in [1.54, 1.807) is 23.1 Å². The molecule has 3 rings (SSSR count). The molecule has 34 heavy (non-hydrogen) atoms. The summed E-state index contributed by atoms with van der Waals surface area (Å²) in [5.41, 5.74) is 2.56. The molecule has 2 unspecified atom stereocenters. The molecule has 6 heteroatoms. The fourth-order valence-corrected chi connectivity index (χ4v) is 4.14. The third-order valence-electron chi connectivity index (χ3n) is 5.82. The molecule has 0 saturated heterocycles. The van der Waals surface area contributed by atoms with E-state index in [-0.39, 0.29) is 30.8 Å². The summed E-state index contributed by atoms with van der Waals surface area (Å²) < 4.78 is 0. The van der Waals surface area contributed by atoms with Crippen LogP contribution in [0.1, 0.15) is 37.0 Å². The first-order valence-corrected chi connectivity index (χ1v) is 12.2. The van der Waals surface area contributed by atoms with E-state index in [0.717, 1.165) is 23.1 Å². The monoisotopic (exact) mass is 496 g/mol. The summed E-state index contributed by atoms with van der Waals surface area (Å²) in [6, 6.07) is 23.7. The van der Waals surface area contributed by atoms with Crippen LogP contribution in [0.15, 0.2) is 78.9 Å². The number of amides is 2. The second-order valence-electron chi connectivity index (χ2n) is 8.44. The van der Waals surface area contributed by atoms with Gasteiger partial charge in [0.05, 0.1) is 6.42 Å². The number of hydrogen-bond acceptors (Lipinski definition) is 2. The van der Waals surface area contributed by atoms with Crippen molar-refractivity contribution in [1.82, 2.24) is 10.2 Å². The lowest BCUT2D eigenvalue weighted by atomic mass is 10.0. The van der Waals surface area contributed by atoms with Gasteiger partial charge in [-0.1, -0.05) is 90.8 Å². The maximum Gasteiger partial charge on any atom is 0.243 e. The highest BCUT2D eigenvalue weighted by Crippen LogP contribution is 2.22. The lowest BCUT2D eigenvalue weighted by Crippen LogP contribution is -2.52. The van der Waals surface area contributed by atoms with E-state index < -0.39 is 6.04 Å². The highest BCUT2D eigenvalue weighted by Gasteiger charge is 2.31. The zero-order valence-electron chi connectivity index (χ0n) is 19.5. The first kappa shape index (κ1) is 25.8. The van der Waals surface area contributed by atoms with Crippen LogP contribution in [0.5, 0.6) is 0 Å². The number of benzene rings is 3. The summed E-state index contributed by atoms with van der Waals surface area (Å²) in [5, 5.41) is 4.20. The summed E-state index contributed by atoms with van der Waals surface area (Å²) in [6.45, 7) is 4.21. The van der Waals surface area contributed by atoms with Gasteiger partial charge in [0.15, 0.2) is 0 Å². The lowest BCUT2D eigenvalue weighted by molar-refractivity contribution is -0.141. The maximum atomic E-state index is 13.7. The van der Waals surface area contributed by atoms with Crippen molar-refractivity contribution >= 4 is 35.0 Å². The SMILES string of the molecule is CCC(C)NC(=O)C(Cc1ccccc1)N(Cc1ccccc1Cl)C(=O)Cc1cccc(Cl)c1. The van der Waals surface area contributed by atoms with Crippen molar-refractivity contribution in [3.05, 3.63) is 106 Å². The summed E-state index contributed by atoms with van der Waals surface area (Å²) >= 11 is 12.6. The predicted molar refractivity (Wildman–Crippen MR) is 139 cm³/mol. The summed E-state index contributed by atoms with van der Waals surface area (Å²) in [6.07, 6.45) is 1.33. The van der Waals surface area contributed by atoms with E-state index in [1.165, 1.54) is 0 Å². The third kappa shape index (κ3) is 7.34. The Bertz CT molecular complexity index is 1100. The second kappa shape index (κ2) is 12.6. The Hall–Kier alpha value is -2.82. The van der Waals surface area contributed by atoms with E-state index in [1.807, 2.05) is 74.5 Å². The smallest absolute Gasteiger partial charge is 0.243 e. The molecule has 3 aromatic rings. The van der Waals surface area contributed by atoms with Crippen LogP contribution >= 0.6 is 23.2 Å². The van der Waals surface area contributed by atoms with Crippen LogP contribution in [0.2, 0.25) is 10.0 Å². The molecule has 1 N–H and O–H groups in total. The van der Waals surface area contributed by atoms with Gasteiger partial charge in [-0.05, 0) is 48.2 Å². The van der Waals surface area contributed by atoms with E-state index in [9.17, 15) is 9.59 Å². The van der Waals surface area contributed by atoms with Crippen LogP contribution in [-0.2, 0) is 29.0 Å². The van der Waals surface area contributed by atoms with Crippen molar-refractivity contribution in [1.29, 1.82) is 0 Å². The Morgan fingerprint density at radius 2 is 1.59 bits per heavy atom. The first-order valence-electron chi connectivity index (χ1n) is 11.5. The highest BCUT2D eigenvalue weighted by molar-refractivity contribution is 6.31. The van der Waals surface area contributed by atoms with Crippen molar-refractivity contribution in [3.8, 4) is 0 Å². The van der Waals surface area contributed by atoms with E-state index in [0.29, 0.717) is 16.5 Å². The van der Waals surface area contributed by atoms with Crippen LogP contribution in [0.3, 0.4) is 0 Å². The fraction of sp³-hybridized carbons (Fsp3) is 0.286. The lowest BCUT2D eigenvalue weighted by Gasteiger charge is -2.32. The zero-order chi connectivity index (χ0) is 24.5. The number of hydrogen-bond donors (Lipinski definition) is 1. The van der Waals surface area contributed by atoms with E-state index >= 15 is 0 Å². The minimum atomic E-state index is -0.695. The molecule has 2 atom stereocenters. The van der Waals surface area contributed by atoms with Crippen molar-refractivity contribution in [2.75, 3.05) is 0 Å². The number of nitrogens with one attached hydrogen (secondary N) is 1. The van der Waals surface area contributed by atoms with Gasteiger partial charge in [0.1, 0.15) is 6.04 Å². The largest absolute Gasteiger partial charge is 0.352 e. The molecule has 0 aromatic heterocycles. The van der Waals surface area contributed by atoms with Crippen LogP contribution in [-0.4, -0.2) is 28.8 Å². The van der Waals surface area contributed by atoms with Crippen molar-refractivity contribution < 1.29 is 9.59 Å². The molecule has 0 aliphatic heterocycles. The zero-order valence-corrected chi connectivity index (χ0v) is 21.0. The van der Waals surface area contributed by atoms with E-state index in [2.05, 4.69) is 5.32 Å². The molecular formula is C28H30Cl2N2O2. The summed E-state index contributed by atoms with van der Waals surface area (Å²) in [5.74, 6) is -0.341. The van der Waals surface area contributed by atoms with Gasteiger partial charge in [-0.2, -0.15) is 0 Å². The number of halogens is 2. The Balaban J connectivity index is 1.98. The molecule has 0 heterocycles. The average molecular weight is 497 g/mol. The van der Waals surface area contributed by atoms with Crippen LogP contribution in [0.25, 0.3) is 0 Å². The standard InChI is InChI=1S/C28H30Cl2N2O2/c1-3-20(2)31-28(34)26(17-21-10-5-4-6-11-21)32(19-23-13-7-8-15-25(23)30)27(33)18-22-12-9-14-24(29)16-22/h4-16,20,26H,3,17-19H2,1-2H3,(H,31,34). The molecule has 0 saturated carbocycles. The van der Waals surface area contributed by atoms with Crippen molar-refractivity contribution in [2.45, 2.75) is 51.7 Å². The average Bonchev–Trinajstić information content (AvgIpc) is 2.82. The minimum absolute atomic E-state index is 0.00373. The van der Waals surface area contributed by atoms with Gasteiger partial charge in [-0.25, -0.2) is 0 Å². The number of carbonyl (C=O) groups is 2. The Labute approximate surface area is 211 Å². The quantitative estimate of drug-likeness (QED) is 0.369. The van der Waals surface area contributed by atoms with Gasteiger partial charge in [-0.15, -0.1) is 0 Å². The molecule has 0 aliphatic rings. The highest BCUT2D eigenvalue weighted by atomic mass is 35.5. The van der Waals surface area contributed by atoms with Gasteiger partial charge in [0.25, 0.3) is 0 Å².